The topological polar surface area (TPSA) is 78.4 Å². The van der Waals surface area contributed by atoms with Gasteiger partial charge in [0.05, 0.1) is 12.0 Å². The Bertz CT molecular complexity index is 290. The van der Waals surface area contributed by atoms with E-state index in [1.54, 1.807) is 0 Å². The first-order valence-electron chi connectivity index (χ1n) is 5.50. The van der Waals surface area contributed by atoms with Crippen LogP contribution in [0.4, 0.5) is 0 Å². The first-order chi connectivity index (χ1) is 7.25. The van der Waals surface area contributed by atoms with Gasteiger partial charge in [0.25, 0.3) is 0 Å². The summed E-state index contributed by atoms with van der Waals surface area (Å²) in [5, 5.41) is 14.6. The number of hydrogen-bond donors (Lipinski definition) is 3. The third-order valence-corrected chi connectivity index (χ3v) is 2.71. The molecule has 0 heterocycles. The van der Waals surface area contributed by atoms with Crippen LogP contribution in [0, 0.1) is 5.41 Å². The number of carboxylic acids is 1. The van der Waals surface area contributed by atoms with Gasteiger partial charge in [-0.1, -0.05) is 0 Å². The molecule has 92 valence electrons. The van der Waals surface area contributed by atoms with Gasteiger partial charge in [-0.2, -0.15) is 0 Å². The molecule has 0 radical (unpaired) electrons. The quantitative estimate of drug-likeness (QED) is 0.634. The smallest absolute Gasteiger partial charge is 0.311 e. The molecule has 1 rings (SSSR count). The van der Waals surface area contributed by atoms with Crippen molar-refractivity contribution in [3.05, 3.63) is 0 Å². The zero-order valence-corrected chi connectivity index (χ0v) is 10.1. The van der Waals surface area contributed by atoms with Gasteiger partial charge in [0.1, 0.15) is 0 Å². The molecule has 0 aromatic rings. The minimum absolute atomic E-state index is 0.110. The van der Waals surface area contributed by atoms with Gasteiger partial charge in [0, 0.05) is 12.1 Å². The number of aliphatic carboxylic acids is 1. The molecule has 1 aliphatic rings. The molecular weight excluding hydrogens is 208 g/mol. The van der Waals surface area contributed by atoms with Crippen LogP contribution >= 0.6 is 0 Å². The SMILES string of the molecule is CC(C)(C)NCC(=O)NCC1(C(=O)O)CC1. The summed E-state index contributed by atoms with van der Waals surface area (Å²) < 4.78 is 0. The van der Waals surface area contributed by atoms with Gasteiger partial charge in [-0.3, -0.25) is 9.59 Å². The number of carboxylic acid groups (broad SMARTS) is 1. The normalized spacial score (nSPS) is 17.9. The average molecular weight is 228 g/mol. The minimum Gasteiger partial charge on any atom is -0.481 e. The molecule has 3 N–H and O–H groups in total. The van der Waals surface area contributed by atoms with E-state index in [0.29, 0.717) is 12.8 Å². The van der Waals surface area contributed by atoms with E-state index in [2.05, 4.69) is 10.6 Å². The molecule has 0 aromatic heterocycles. The van der Waals surface area contributed by atoms with Crippen molar-refractivity contribution in [3.8, 4) is 0 Å². The van der Waals surface area contributed by atoms with Gasteiger partial charge in [-0.05, 0) is 33.6 Å². The average Bonchev–Trinajstić information content (AvgIpc) is 2.91. The van der Waals surface area contributed by atoms with Gasteiger partial charge < -0.3 is 15.7 Å². The van der Waals surface area contributed by atoms with Crippen LogP contribution < -0.4 is 10.6 Å². The van der Waals surface area contributed by atoms with Gasteiger partial charge in [-0.25, -0.2) is 0 Å². The Labute approximate surface area is 95.6 Å². The molecule has 1 aliphatic carbocycles. The lowest BCUT2D eigenvalue weighted by atomic mass is 10.1. The molecule has 0 unspecified atom stereocenters. The van der Waals surface area contributed by atoms with Crippen LogP contribution in [0.3, 0.4) is 0 Å². The second kappa shape index (κ2) is 4.41. The number of hydrogen-bond acceptors (Lipinski definition) is 3. The summed E-state index contributed by atoms with van der Waals surface area (Å²) in [4.78, 5) is 22.3. The summed E-state index contributed by atoms with van der Waals surface area (Å²) in [6.07, 6.45) is 1.32. The highest BCUT2D eigenvalue weighted by atomic mass is 16.4. The van der Waals surface area contributed by atoms with Crippen LogP contribution in [0.1, 0.15) is 33.6 Å². The molecule has 1 fully saturated rings. The lowest BCUT2D eigenvalue weighted by molar-refractivity contribution is -0.143. The Morgan fingerprint density at radius 1 is 1.31 bits per heavy atom. The Balaban J connectivity index is 2.24. The van der Waals surface area contributed by atoms with Gasteiger partial charge in [0.2, 0.25) is 5.91 Å². The van der Waals surface area contributed by atoms with E-state index in [1.165, 1.54) is 0 Å². The molecule has 0 aliphatic heterocycles. The predicted octanol–water partition coefficient (Wildman–Crippen LogP) is 0.355. The van der Waals surface area contributed by atoms with Crippen molar-refractivity contribution < 1.29 is 14.7 Å². The number of carbonyl (C=O) groups is 2. The van der Waals surface area contributed by atoms with Crippen molar-refractivity contribution in [2.75, 3.05) is 13.1 Å². The van der Waals surface area contributed by atoms with Crippen molar-refractivity contribution in [3.63, 3.8) is 0 Å². The molecule has 5 heteroatoms. The summed E-state index contributed by atoms with van der Waals surface area (Å²) in [5.41, 5.74) is -0.793. The lowest BCUT2D eigenvalue weighted by Gasteiger charge is -2.20. The molecule has 0 spiro atoms. The number of rotatable bonds is 5. The Kier molecular flexibility index (Phi) is 3.57. The molecular formula is C11H20N2O3. The van der Waals surface area contributed by atoms with Gasteiger partial charge in [-0.15, -0.1) is 0 Å². The van der Waals surface area contributed by atoms with Crippen LogP contribution in [0.25, 0.3) is 0 Å². The zero-order chi connectivity index (χ0) is 12.4. The van der Waals surface area contributed by atoms with Crippen molar-refractivity contribution in [2.45, 2.75) is 39.2 Å². The van der Waals surface area contributed by atoms with Gasteiger partial charge >= 0.3 is 5.97 Å². The van der Waals surface area contributed by atoms with Gasteiger partial charge in [0.15, 0.2) is 0 Å². The molecule has 0 atom stereocenters. The Morgan fingerprint density at radius 2 is 1.88 bits per heavy atom. The molecule has 16 heavy (non-hydrogen) atoms. The number of amides is 1. The second-order valence-electron chi connectivity index (χ2n) is 5.47. The largest absolute Gasteiger partial charge is 0.481 e. The molecule has 5 nitrogen and oxygen atoms in total. The van der Waals surface area contributed by atoms with E-state index in [9.17, 15) is 9.59 Å². The maximum absolute atomic E-state index is 11.4. The summed E-state index contributed by atoms with van der Waals surface area (Å²) in [6, 6.07) is 0. The van der Waals surface area contributed by atoms with E-state index in [0.717, 1.165) is 0 Å². The van der Waals surface area contributed by atoms with Crippen LogP contribution in [0.2, 0.25) is 0 Å². The molecule has 1 amide bonds. The molecule has 1 saturated carbocycles. The summed E-state index contributed by atoms with van der Waals surface area (Å²) in [7, 11) is 0. The van der Waals surface area contributed by atoms with Crippen molar-refractivity contribution >= 4 is 11.9 Å². The number of nitrogens with one attached hydrogen (secondary N) is 2. The highest BCUT2D eigenvalue weighted by Gasteiger charge is 2.50. The maximum Gasteiger partial charge on any atom is 0.311 e. The van der Waals surface area contributed by atoms with Crippen molar-refractivity contribution in [1.29, 1.82) is 0 Å². The first kappa shape index (κ1) is 13.0. The summed E-state index contributed by atoms with van der Waals surface area (Å²) in [5.74, 6) is -0.959. The third kappa shape index (κ3) is 3.81. The monoisotopic (exact) mass is 228 g/mol. The fraction of sp³-hybridized carbons (Fsp3) is 0.818. The lowest BCUT2D eigenvalue weighted by Crippen LogP contribution is -2.45. The van der Waals surface area contributed by atoms with Crippen molar-refractivity contribution in [2.24, 2.45) is 5.41 Å². The highest BCUT2D eigenvalue weighted by Crippen LogP contribution is 2.45. The van der Waals surface area contributed by atoms with Crippen LogP contribution in [0.15, 0.2) is 0 Å². The van der Waals surface area contributed by atoms with E-state index in [-0.39, 0.29) is 24.5 Å². The zero-order valence-electron chi connectivity index (χ0n) is 10.1. The van der Waals surface area contributed by atoms with Crippen LogP contribution in [0.5, 0.6) is 0 Å². The third-order valence-electron chi connectivity index (χ3n) is 2.71. The minimum atomic E-state index is -0.809. The van der Waals surface area contributed by atoms with Crippen molar-refractivity contribution in [1.82, 2.24) is 10.6 Å². The first-order valence-corrected chi connectivity index (χ1v) is 5.50. The fourth-order valence-corrected chi connectivity index (χ4v) is 1.29. The summed E-state index contributed by atoms with van der Waals surface area (Å²) in [6.45, 7) is 6.38. The Morgan fingerprint density at radius 3 is 2.25 bits per heavy atom. The number of carbonyl (C=O) groups excluding carboxylic acids is 1. The maximum atomic E-state index is 11.4. The van der Waals surface area contributed by atoms with Crippen LogP contribution in [-0.4, -0.2) is 35.6 Å². The van der Waals surface area contributed by atoms with E-state index in [4.69, 9.17) is 5.11 Å². The molecule has 0 aromatic carbocycles. The summed E-state index contributed by atoms with van der Waals surface area (Å²) >= 11 is 0. The van der Waals surface area contributed by atoms with E-state index < -0.39 is 11.4 Å². The molecule has 0 saturated heterocycles. The highest BCUT2D eigenvalue weighted by molar-refractivity contribution is 5.81. The second-order valence-corrected chi connectivity index (χ2v) is 5.47. The predicted molar refractivity (Wildman–Crippen MR) is 60.1 cm³/mol. The Hall–Kier alpha value is -1.10. The van der Waals surface area contributed by atoms with E-state index >= 15 is 0 Å². The van der Waals surface area contributed by atoms with E-state index in [1.807, 2.05) is 20.8 Å². The van der Waals surface area contributed by atoms with Crippen LogP contribution in [-0.2, 0) is 9.59 Å². The standard InChI is InChI=1S/C11H20N2O3/c1-10(2,3)13-6-8(14)12-7-11(4-5-11)9(15)16/h13H,4-7H2,1-3H3,(H,12,14)(H,15,16). The fourth-order valence-electron chi connectivity index (χ4n) is 1.29. The molecule has 0 bridgehead atoms.